The third-order valence-electron chi connectivity index (χ3n) is 4.01. The van der Waals surface area contributed by atoms with E-state index < -0.39 is 10.8 Å². The summed E-state index contributed by atoms with van der Waals surface area (Å²) < 4.78 is 0. The summed E-state index contributed by atoms with van der Waals surface area (Å²) in [6, 6.07) is 11.9. The Kier molecular flexibility index (Phi) is 5.53. The van der Waals surface area contributed by atoms with E-state index in [0.717, 1.165) is 17.3 Å². The average Bonchev–Trinajstić information content (AvgIpc) is 3.09. The number of carbonyl (C=O) groups excluding carboxylic acids is 1. The van der Waals surface area contributed by atoms with Crippen molar-refractivity contribution in [3.8, 4) is 11.3 Å². The molecular weight excluding hydrogens is 386 g/mol. The summed E-state index contributed by atoms with van der Waals surface area (Å²) in [5.41, 5.74) is 2.96. The molecule has 0 saturated heterocycles. The van der Waals surface area contributed by atoms with Crippen LogP contribution in [0.1, 0.15) is 35.7 Å². The molecule has 6 nitrogen and oxygen atoms in total. The maximum atomic E-state index is 12.4. The number of non-ortho nitro benzene ring substituents is 1. The Labute approximate surface area is 165 Å². The minimum absolute atomic E-state index is 0.0164. The molecule has 0 aliphatic heterocycles. The Bertz CT molecular complexity index is 1000. The van der Waals surface area contributed by atoms with Crippen LogP contribution in [0.25, 0.3) is 11.3 Å². The van der Waals surface area contributed by atoms with Crippen LogP contribution < -0.4 is 5.32 Å². The van der Waals surface area contributed by atoms with Crippen molar-refractivity contribution in [3.05, 3.63) is 74.1 Å². The first-order valence-electron chi connectivity index (χ1n) is 8.16. The summed E-state index contributed by atoms with van der Waals surface area (Å²) in [6.45, 7) is 4.27. The van der Waals surface area contributed by atoms with Crippen molar-refractivity contribution >= 4 is 39.7 Å². The lowest BCUT2D eigenvalue weighted by Gasteiger charge is -2.05. The first kappa shape index (κ1) is 19.0. The number of carbonyl (C=O) groups is 1. The molecule has 0 fully saturated rings. The fourth-order valence-corrected chi connectivity index (χ4v) is 3.44. The van der Waals surface area contributed by atoms with Gasteiger partial charge in [0.1, 0.15) is 0 Å². The van der Waals surface area contributed by atoms with Gasteiger partial charge in [0.2, 0.25) is 0 Å². The topological polar surface area (TPSA) is 85.1 Å². The number of nitrogens with zero attached hydrogens (tertiary/aromatic N) is 2. The second-order valence-electron chi connectivity index (χ2n) is 6.19. The van der Waals surface area contributed by atoms with Gasteiger partial charge >= 0.3 is 0 Å². The van der Waals surface area contributed by atoms with E-state index in [-0.39, 0.29) is 16.3 Å². The van der Waals surface area contributed by atoms with Crippen molar-refractivity contribution < 1.29 is 9.72 Å². The van der Waals surface area contributed by atoms with Gasteiger partial charge in [-0.15, -0.1) is 11.3 Å². The predicted octanol–water partition coefficient (Wildman–Crippen LogP) is 5.75. The van der Waals surface area contributed by atoms with Gasteiger partial charge in [-0.1, -0.05) is 49.7 Å². The normalized spacial score (nSPS) is 10.8. The monoisotopic (exact) mass is 401 g/mol. The number of hydrogen-bond acceptors (Lipinski definition) is 5. The summed E-state index contributed by atoms with van der Waals surface area (Å²) in [4.78, 5) is 27.0. The van der Waals surface area contributed by atoms with Crippen LogP contribution in [-0.2, 0) is 0 Å². The molecule has 0 unspecified atom stereocenters. The molecule has 0 aliphatic carbocycles. The van der Waals surface area contributed by atoms with Gasteiger partial charge in [-0.3, -0.25) is 20.2 Å². The quantitative estimate of drug-likeness (QED) is 0.435. The van der Waals surface area contributed by atoms with E-state index in [9.17, 15) is 14.9 Å². The second-order valence-corrected chi connectivity index (χ2v) is 7.46. The third-order valence-corrected chi connectivity index (χ3v) is 5.08. The highest BCUT2D eigenvalue weighted by atomic mass is 35.5. The first-order chi connectivity index (χ1) is 12.8. The number of benzene rings is 2. The number of nitrogens with one attached hydrogen (secondary N) is 1. The van der Waals surface area contributed by atoms with Crippen LogP contribution in [0, 0.1) is 10.1 Å². The highest BCUT2D eigenvalue weighted by molar-refractivity contribution is 7.14. The zero-order valence-corrected chi connectivity index (χ0v) is 16.2. The molecule has 1 aromatic heterocycles. The molecule has 1 amide bonds. The van der Waals surface area contributed by atoms with Crippen molar-refractivity contribution in [3.63, 3.8) is 0 Å². The minimum atomic E-state index is -0.564. The number of hydrogen-bond donors (Lipinski definition) is 1. The molecule has 138 valence electrons. The summed E-state index contributed by atoms with van der Waals surface area (Å²) in [7, 11) is 0. The van der Waals surface area contributed by atoms with Gasteiger partial charge in [0.05, 0.1) is 21.2 Å². The number of nitro benzene ring substituents is 1. The molecule has 27 heavy (non-hydrogen) atoms. The van der Waals surface area contributed by atoms with E-state index in [1.54, 1.807) is 0 Å². The van der Waals surface area contributed by atoms with Crippen LogP contribution in [0.3, 0.4) is 0 Å². The van der Waals surface area contributed by atoms with Crippen molar-refractivity contribution in [1.82, 2.24) is 4.98 Å². The van der Waals surface area contributed by atoms with Gasteiger partial charge < -0.3 is 0 Å². The second kappa shape index (κ2) is 7.85. The Morgan fingerprint density at radius 2 is 1.93 bits per heavy atom. The standard InChI is InChI=1S/C19H16ClN3O3S/c1-11(2)12-3-5-13(6-4-12)17-10-27-19(21-17)22-18(24)15-8-7-14(23(25)26)9-16(15)20/h3-11H,1-2H3,(H,21,22,24). The third kappa shape index (κ3) is 4.32. The van der Waals surface area contributed by atoms with Crippen molar-refractivity contribution in [2.24, 2.45) is 0 Å². The Morgan fingerprint density at radius 1 is 1.22 bits per heavy atom. The number of thiazole rings is 1. The summed E-state index contributed by atoms with van der Waals surface area (Å²) in [5, 5.41) is 15.7. The first-order valence-corrected chi connectivity index (χ1v) is 9.42. The molecule has 1 heterocycles. The maximum Gasteiger partial charge on any atom is 0.270 e. The molecule has 0 saturated carbocycles. The highest BCUT2D eigenvalue weighted by Crippen LogP contribution is 2.28. The summed E-state index contributed by atoms with van der Waals surface area (Å²) in [5.74, 6) is -0.0123. The van der Waals surface area contributed by atoms with E-state index >= 15 is 0 Å². The summed E-state index contributed by atoms with van der Waals surface area (Å²) >= 11 is 7.29. The Hall–Kier alpha value is -2.77. The number of rotatable bonds is 5. The number of halogens is 1. The largest absolute Gasteiger partial charge is 0.298 e. The van der Waals surface area contributed by atoms with Crippen molar-refractivity contribution in [2.45, 2.75) is 19.8 Å². The van der Waals surface area contributed by atoms with Crippen LogP contribution in [0.15, 0.2) is 47.8 Å². The molecular formula is C19H16ClN3O3S. The smallest absolute Gasteiger partial charge is 0.270 e. The molecule has 0 aliphatic rings. The molecule has 3 rings (SSSR count). The Balaban J connectivity index is 1.75. The zero-order valence-electron chi connectivity index (χ0n) is 14.6. The lowest BCUT2D eigenvalue weighted by Crippen LogP contribution is -2.12. The zero-order chi connectivity index (χ0) is 19.6. The lowest BCUT2D eigenvalue weighted by molar-refractivity contribution is -0.384. The molecule has 0 bridgehead atoms. The van der Waals surface area contributed by atoms with Gasteiger partial charge in [-0.2, -0.15) is 0 Å². The number of amides is 1. The number of aromatic nitrogens is 1. The maximum absolute atomic E-state index is 12.4. The molecule has 0 spiro atoms. The molecule has 8 heteroatoms. The highest BCUT2D eigenvalue weighted by Gasteiger charge is 2.16. The van der Waals surface area contributed by atoms with Crippen LogP contribution in [-0.4, -0.2) is 15.8 Å². The van der Waals surface area contributed by atoms with E-state index in [4.69, 9.17) is 11.6 Å². The fourth-order valence-electron chi connectivity index (χ4n) is 2.47. The van der Waals surface area contributed by atoms with Gasteiger partial charge in [-0.05, 0) is 17.5 Å². The van der Waals surface area contributed by atoms with E-state index in [1.165, 1.54) is 29.0 Å². The van der Waals surface area contributed by atoms with Gasteiger partial charge in [0.25, 0.3) is 11.6 Å². The van der Waals surface area contributed by atoms with E-state index in [1.807, 2.05) is 17.5 Å². The number of anilines is 1. The van der Waals surface area contributed by atoms with Gasteiger partial charge in [-0.25, -0.2) is 4.98 Å². The fraction of sp³-hybridized carbons (Fsp3) is 0.158. The van der Waals surface area contributed by atoms with Crippen LogP contribution >= 0.6 is 22.9 Å². The lowest BCUT2D eigenvalue weighted by atomic mass is 10.0. The number of nitro groups is 1. The van der Waals surface area contributed by atoms with E-state index in [2.05, 4.69) is 36.3 Å². The van der Waals surface area contributed by atoms with Crippen molar-refractivity contribution in [2.75, 3.05) is 5.32 Å². The SMILES string of the molecule is CC(C)c1ccc(-c2csc(NC(=O)c3ccc([N+](=O)[O-])cc3Cl)n2)cc1. The summed E-state index contributed by atoms with van der Waals surface area (Å²) in [6.07, 6.45) is 0. The van der Waals surface area contributed by atoms with Crippen molar-refractivity contribution in [1.29, 1.82) is 0 Å². The predicted molar refractivity (Wildman–Crippen MR) is 108 cm³/mol. The Morgan fingerprint density at radius 3 is 2.52 bits per heavy atom. The molecule has 2 aromatic carbocycles. The van der Waals surface area contributed by atoms with Crippen LogP contribution in [0.2, 0.25) is 5.02 Å². The average molecular weight is 402 g/mol. The molecule has 0 radical (unpaired) electrons. The minimum Gasteiger partial charge on any atom is -0.298 e. The van der Waals surface area contributed by atoms with Crippen LogP contribution in [0.5, 0.6) is 0 Å². The van der Waals surface area contributed by atoms with Crippen LogP contribution in [0.4, 0.5) is 10.8 Å². The van der Waals surface area contributed by atoms with Gasteiger partial charge in [0.15, 0.2) is 5.13 Å². The molecule has 3 aromatic rings. The molecule has 0 atom stereocenters. The molecule has 1 N–H and O–H groups in total. The van der Waals surface area contributed by atoms with Gasteiger partial charge in [0, 0.05) is 23.1 Å². The van der Waals surface area contributed by atoms with E-state index in [0.29, 0.717) is 11.0 Å².